The van der Waals surface area contributed by atoms with Gasteiger partial charge < -0.3 is 0 Å². The molecule has 9 heteroatoms. The standard InChI is InChI=1S/C28H32AsN6O2/c1-20-5-3-6-23(21(20)2)34-12-10-33(11-13-34)9-4-14-35(19-32-26-27(29)30-18-31-28(26)35)22-7-8-24-25(17-22)37-16-15-36-24/h3,5-8,17-19H,4,9-16H2,1-2H3/q+1. The van der Waals surface area contributed by atoms with Gasteiger partial charge in [-0.05, 0) is 31.0 Å². The van der Waals surface area contributed by atoms with Crippen molar-refractivity contribution in [2.75, 3.05) is 57.4 Å². The zero-order chi connectivity index (χ0) is 25.4. The summed E-state index contributed by atoms with van der Waals surface area (Å²) in [5, 5.41) is 0. The third kappa shape index (κ3) is 4.52. The summed E-state index contributed by atoms with van der Waals surface area (Å²) in [5.74, 6) is 2.50. The molecule has 4 heterocycles. The van der Waals surface area contributed by atoms with Crippen molar-refractivity contribution in [1.29, 1.82) is 0 Å². The molecular formula is C28H32AsN6O2+. The smallest absolute Gasteiger partial charge is 0.0248 e. The molecule has 2 aromatic carbocycles. The van der Waals surface area contributed by atoms with Gasteiger partial charge in [0.25, 0.3) is 0 Å². The third-order valence-corrected chi connectivity index (χ3v) is 8.49. The van der Waals surface area contributed by atoms with Crippen molar-refractivity contribution in [3.8, 4) is 11.5 Å². The fourth-order valence-corrected chi connectivity index (χ4v) is 6.01. The number of ether oxygens (including phenoxy) is 2. The Labute approximate surface area is 227 Å². The molecule has 0 N–H and O–H groups in total. The van der Waals surface area contributed by atoms with E-state index in [1.165, 1.54) is 16.8 Å². The minimum atomic E-state index is 0.460. The van der Waals surface area contributed by atoms with E-state index in [0.717, 1.165) is 78.9 Å². The number of fused-ring (bicyclic) bond motifs is 2. The van der Waals surface area contributed by atoms with E-state index in [4.69, 9.17) is 19.5 Å². The van der Waals surface area contributed by atoms with Gasteiger partial charge in [0, 0.05) is 0 Å². The molecule has 190 valence electrons. The largest absolute Gasteiger partial charge is 0.0375 e. The van der Waals surface area contributed by atoms with Crippen LogP contribution < -0.4 is 23.3 Å². The van der Waals surface area contributed by atoms with Crippen molar-refractivity contribution >= 4 is 50.6 Å². The topological polar surface area (TPSA) is 63.1 Å². The summed E-state index contributed by atoms with van der Waals surface area (Å²) in [5.41, 5.74) is 6.06. The van der Waals surface area contributed by atoms with Crippen LogP contribution in [0, 0.1) is 13.8 Å². The van der Waals surface area contributed by atoms with Gasteiger partial charge >= 0.3 is 184 Å². The minimum absolute atomic E-state index is 0.460. The van der Waals surface area contributed by atoms with Gasteiger partial charge in [-0.25, -0.2) is 0 Å². The van der Waals surface area contributed by atoms with Gasteiger partial charge in [-0.15, -0.1) is 0 Å². The molecule has 37 heavy (non-hydrogen) atoms. The van der Waals surface area contributed by atoms with E-state index in [0.29, 0.717) is 17.7 Å². The Morgan fingerprint density at radius 1 is 0.973 bits per heavy atom. The van der Waals surface area contributed by atoms with Crippen molar-refractivity contribution < 1.29 is 9.47 Å². The van der Waals surface area contributed by atoms with Crippen LogP contribution in [0.25, 0.3) is 0 Å². The maximum atomic E-state index is 5.91. The first-order valence-corrected chi connectivity index (χ1v) is 13.9. The second-order valence-electron chi connectivity index (χ2n) is 9.94. The van der Waals surface area contributed by atoms with Crippen LogP contribution in [0.15, 0.2) is 47.7 Å². The normalized spacial score (nSPS) is 20.8. The first kappa shape index (κ1) is 24.4. The number of aromatic nitrogens is 2. The molecule has 2 radical (unpaired) electrons. The molecule has 1 aromatic heterocycles. The molecule has 1 atom stereocenters. The van der Waals surface area contributed by atoms with Crippen LogP contribution >= 0.6 is 0 Å². The van der Waals surface area contributed by atoms with Gasteiger partial charge in [-0.1, -0.05) is 12.1 Å². The Morgan fingerprint density at radius 2 is 1.78 bits per heavy atom. The Morgan fingerprint density at radius 3 is 2.62 bits per heavy atom. The van der Waals surface area contributed by atoms with Gasteiger partial charge in [-0.3, -0.25) is 0 Å². The van der Waals surface area contributed by atoms with E-state index in [9.17, 15) is 0 Å². The number of piperazine rings is 1. The second-order valence-corrected chi connectivity index (χ2v) is 10.8. The van der Waals surface area contributed by atoms with Crippen LogP contribution in [0.5, 0.6) is 11.5 Å². The number of benzene rings is 2. The van der Waals surface area contributed by atoms with E-state index in [1.54, 1.807) is 6.33 Å². The number of hydrogen-bond donors (Lipinski definition) is 0. The van der Waals surface area contributed by atoms with Crippen molar-refractivity contribution in [2.45, 2.75) is 20.3 Å². The first-order valence-electron chi connectivity index (χ1n) is 13.0. The molecule has 0 saturated carbocycles. The van der Waals surface area contributed by atoms with Crippen molar-refractivity contribution in [3.05, 3.63) is 53.9 Å². The average molecular weight is 560 g/mol. The molecule has 0 bridgehead atoms. The van der Waals surface area contributed by atoms with Crippen LogP contribution in [0.3, 0.4) is 0 Å². The van der Waals surface area contributed by atoms with Crippen LogP contribution in [0.1, 0.15) is 17.5 Å². The Hall–Kier alpha value is -2.93. The number of anilines is 1. The fourth-order valence-electron chi connectivity index (χ4n) is 5.58. The number of aliphatic imine (C=N–C) groups is 1. The molecule has 3 aliphatic heterocycles. The zero-order valence-electron chi connectivity index (χ0n) is 21.4. The Kier molecular flexibility index (Phi) is 6.65. The van der Waals surface area contributed by atoms with E-state index >= 15 is 0 Å². The van der Waals surface area contributed by atoms with E-state index in [1.807, 2.05) is 12.4 Å². The molecule has 1 saturated heterocycles. The number of hydrogen-bond acceptors (Lipinski definition) is 7. The van der Waals surface area contributed by atoms with Crippen molar-refractivity contribution in [3.63, 3.8) is 0 Å². The second kappa shape index (κ2) is 10.1. The molecule has 0 spiro atoms. The molecular weight excluding hydrogens is 527 g/mol. The predicted octanol–water partition coefficient (Wildman–Crippen LogP) is 3.18. The Balaban J connectivity index is 1.18. The molecule has 8 nitrogen and oxygen atoms in total. The van der Waals surface area contributed by atoms with Crippen LogP contribution in [0.4, 0.5) is 22.9 Å². The number of quaternary nitrogens is 1. The summed E-state index contributed by atoms with van der Waals surface area (Å²) in [4.78, 5) is 19.0. The zero-order valence-corrected chi connectivity index (χ0v) is 23.3. The van der Waals surface area contributed by atoms with Gasteiger partial charge in [0.1, 0.15) is 0 Å². The average Bonchev–Trinajstić information content (AvgIpc) is 3.31. The van der Waals surface area contributed by atoms with Gasteiger partial charge in [-0.2, -0.15) is 0 Å². The van der Waals surface area contributed by atoms with Crippen LogP contribution in [0.2, 0.25) is 0 Å². The first-order chi connectivity index (χ1) is 18.0. The van der Waals surface area contributed by atoms with Crippen LogP contribution in [-0.2, 0) is 0 Å². The summed E-state index contributed by atoms with van der Waals surface area (Å²) in [6.07, 6.45) is 4.67. The fraction of sp³-hybridized carbons (Fsp3) is 0.393. The van der Waals surface area contributed by atoms with Gasteiger partial charge in [0.05, 0.1) is 0 Å². The molecule has 1 fully saturated rings. The van der Waals surface area contributed by atoms with E-state index in [2.05, 4.69) is 75.8 Å². The summed E-state index contributed by atoms with van der Waals surface area (Å²) in [6.45, 7) is 11.7. The maximum Gasteiger partial charge on any atom is -0.0248 e. The quantitative estimate of drug-likeness (QED) is 0.342. The molecule has 3 aromatic rings. The summed E-state index contributed by atoms with van der Waals surface area (Å²) in [7, 11) is 0. The molecule has 1 unspecified atom stereocenters. The van der Waals surface area contributed by atoms with Gasteiger partial charge in [0.2, 0.25) is 0 Å². The van der Waals surface area contributed by atoms with E-state index in [-0.39, 0.29) is 0 Å². The van der Waals surface area contributed by atoms with Crippen molar-refractivity contribution in [2.24, 2.45) is 4.99 Å². The van der Waals surface area contributed by atoms with Crippen LogP contribution in [-0.4, -0.2) is 90.5 Å². The predicted molar refractivity (Wildman–Crippen MR) is 149 cm³/mol. The van der Waals surface area contributed by atoms with Crippen molar-refractivity contribution in [1.82, 2.24) is 19.4 Å². The summed E-state index contributed by atoms with van der Waals surface area (Å²) in [6, 6.07) is 12.8. The third-order valence-electron chi connectivity index (χ3n) is 7.81. The summed E-state index contributed by atoms with van der Waals surface area (Å²) >= 11 is 2.52. The summed E-state index contributed by atoms with van der Waals surface area (Å²) < 4.78 is 13.0. The molecule has 6 rings (SSSR count). The Bertz CT molecular complexity index is 1340. The molecule has 3 aliphatic rings. The number of nitrogens with zero attached hydrogens (tertiary/aromatic N) is 6. The van der Waals surface area contributed by atoms with Gasteiger partial charge in [0.15, 0.2) is 0 Å². The molecule has 0 aliphatic carbocycles. The molecule has 0 amide bonds. The monoisotopic (exact) mass is 559 g/mol. The van der Waals surface area contributed by atoms with E-state index < -0.39 is 0 Å². The SMILES string of the molecule is Cc1cccc(N2CCN(CCC[N+]3(c4ccc5c(c4)OCCO5)C=Nc4c([As])ncnc43)CC2)c1C. The maximum absolute atomic E-state index is 5.91. The number of rotatable bonds is 6. The number of aryl methyl sites for hydroxylation is 1. The minimum Gasteiger partial charge on any atom is -0.0375 e.